The van der Waals surface area contributed by atoms with Gasteiger partial charge < -0.3 is 15.4 Å². The molecule has 120 valence electrons. The Hall–Kier alpha value is -2.11. The van der Waals surface area contributed by atoms with Crippen LogP contribution in [0.15, 0.2) is 42.6 Å². The van der Waals surface area contributed by atoms with Crippen LogP contribution >= 0.6 is 11.6 Å². The number of aromatic nitrogens is 1. The minimum absolute atomic E-state index is 0.111. The van der Waals surface area contributed by atoms with Crippen LogP contribution in [0.3, 0.4) is 0 Å². The number of nitrogens with one attached hydrogen (secondary N) is 2. The highest BCUT2D eigenvalue weighted by Gasteiger charge is 2.18. The molecule has 1 aromatic heterocycles. The molecule has 0 spiro atoms. The van der Waals surface area contributed by atoms with E-state index in [-0.39, 0.29) is 12.0 Å². The van der Waals surface area contributed by atoms with Gasteiger partial charge >= 0.3 is 0 Å². The Kier molecular flexibility index (Phi) is 5.10. The van der Waals surface area contributed by atoms with Gasteiger partial charge in [0.25, 0.3) is 5.91 Å². The smallest absolute Gasteiger partial charge is 0.255 e. The summed E-state index contributed by atoms with van der Waals surface area (Å²) in [4.78, 5) is 16.7. The van der Waals surface area contributed by atoms with Crippen LogP contribution in [0.5, 0.6) is 0 Å². The Balaban J connectivity index is 1.70. The first-order chi connectivity index (χ1) is 11.2. The molecule has 2 aromatic rings. The summed E-state index contributed by atoms with van der Waals surface area (Å²) in [5.74, 6) is 0.331. The number of pyridine rings is 1. The first-order valence-electron chi connectivity index (χ1n) is 7.60. The second kappa shape index (κ2) is 7.44. The highest BCUT2D eigenvalue weighted by atomic mass is 35.5. The summed E-state index contributed by atoms with van der Waals surface area (Å²) in [6.07, 6.45) is 3.79. The molecular formula is C17H18ClN3O2. The van der Waals surface area contributed by atoms with E-state index in [2.05, 4.69) is 15.6 Å². The molecule has 1 aliphatic heterocycles. The molecule has 2 N–H and O–H groups in total. The number of nitrogens with zero attached hydrogens (tertiary/aromatic N) is 1. The molecule has 2 heterocycles. The second-order valence-electron chi connectivity index (χ2n) is 5.38. The fourth-order valence-corrected chi connectivity index (χ4v) is 2.69. The third-order valence-electron chi connectivity index (χ3n) is 3.65. The van der Waals surface area contributed by atoms with Crippen molar-refractivity contribution in [3.05, 3.63) is 53.2 Å². The van der Waals surface area contributed by atoms with Gasteiger partial charge in [0.2, 0.25) is 0 Å². The van der Waals surface area contributed by atoms with Gasteiger partial charge in [-0.15, -0.1) is 0 Å². The monoisotopic (exact) mass is 331 g/mol. The van der Waals surface area contributed by atoms with Crippen molar-refractivity contribution < 1.29 is 9.53 Å². The van der Waals surface area contributed by atoms with E-state index in [4.69, 9.17) is 16.3 Å². The third-order valence-corrected chi connectivity index (χ3v) is 3.89. The minimum atomic E-state index is -0.168. The van der Waals surface area contributed by atoms with E-state index in [0.717, 1.165) is 25.1 Å². The number of carbonyl (C=O) groups excluding carboxylic acids is 1. The summed E-state index contributed by atoms with van der Waals surface area (Å²) in [5.41, 5.74) is 1.27. The van der Waals surface area contributed by atoms with Crippen LogP contribution in [0.1, 0.15) is 23.2 Å². The molecule has 1 fully saturated rings. The van der Waals surface area contributed by atoms with Crippen molar-refractivity contribution in [3.63, 3.8) is 0 Å². The Morgan fingerprint density at radius 3 is 3.04 bits per heavy atom. The first-order valence-corrected chi connectivity index (χ1v) is 7.97. The van der Waals surface area contributed by atoms with E-state index >= 15 is 0 Å². The van der Waals surface area contributed by atoms with E-state index in [1.165, 1.54) is 0 Å². The van der Waals surface area contributed by atoms with Crippen LogP contribution in [0.25, 0.3) is 0 Å². The largest absolute Gasteiger partial charge is 0.376 e. The number of carbonyl (C=O) groups is 1. The van der Waals surface area contributed by atoms with Crippen molar-refractivity contribution in [2.45, 2.75) is 18.9 Å². The number of halogens is 1. The number of ether oxygens (including phenoxy) is 1. The number of amides is 1. The highest BCUT2D eigenvalue weighted by molar-refractivity contribution is 6.30. The maximum atomic E-state index is 12.4. The van der Waals surface area contributed by atoms with Gasteiger partial charge in [0.05, 0.1) is 11.7 Å². The van der Waals surface area contributed by atoms with Gasteiger partial charge in [-0.1, -0.05) is 17.7 Å². The Morgan fingerprint density at radius 1 is 1.35 bits per heavy atom. The average Bonchev–Trinajstić information content (AvgIpc) is 3.07. The highest BCUT2D eigenvalue weighted by Crippen LogP contribution is 2.21. The molecule has 1 aromatic carbocycles. The van der Waals surface area contributed by atoms with E-state index in [1.54, 1.807) is 30.5 Å². The van der Waals surface area contributed by atoms with Crippen molar-refractivity contribution in [3.8, 4) is 0 Å². The topological polar surface area (TPSA) is 63.2 Å². The molecule has 3 rings (SSSR count). The average molecular weight is 332 g/mol. The fourth-order valence-electron chi connectivity index (χ4n) is 2.50. The molecule has 1 aliphatic rings. The third kappa shape index (κ3) is 4.21. The van der Waals surface area contributed by atoms with Gasteiger partial charge in [0.15, 0.2) is 0 Å². The van der Waals surface area contributed by atoms with Gasteiger partial charge in [-0.05, 0) is 43.2 Å². The maximum absolute atomic E-state index is 12.4. The van der Waals surface area contributed by atoms with Crippen molar-refractivity contribution in [1.82, 2.24) is 10.3 Å². The van der Waals surface area contributed by atoms with Crippen molar-refractivity contribution in [1.29, 1.82) is 0 Å². The van der Waals surface area contributed by atoms with E-state index in [0.29, 0.717) is 22.9 Å². The zero-order valence-corrected chi connectivity index (χ0v) is 13.3. The van der Waals surface area contributed by atoms with Crippen LogP contribution in [0, 0.1) is 0 Å². The maximum Gasteiger partial charge on any atom is 0.255 e. The number of anilines is 2. The van der Waals surface area contributed by atoms with E-state index < -0.39 is 0 Å². The van der Waals surface area contributed by atoms with Crippen molar-refractivity contribution >= 4 is 29.0 Å². The lowest BCUT2D eigenvalue weighted by atomic mass is 10.2. The molecule has 5 nitrogen and oxygen atoms in total. The fraction of sp³-hybridized carbons (Fsp3) is 0.294. The molecule has 1 amide bonds. The molecule has 0 radical (unpaired) electrons. The number of rotatable bonds is 5. The standard InChI is InChI=1S/C17H18ClN3O2/c18-12-4-1-5-13(10-12)21-16-15(7-2-8-19-16)17(22)20-11-14-6-3-9-23-14/h1-2,4-5,7-8,10,14H,3,6,9,11H2,(H,19,21)(H,20,22). The summed E-state index contributed by atoms with van der Waals surface area (Å²) in [6.45, 7) is 1.29. The summed E-state index contributed by atoms with van der Waals surface area (Å²) < 4.78 is 5.52. The Morgan fingerprint density at radius 2 is 2.26 bits per heavy atom. The second-order valence-corrected chi connectivity index (χ2v) is 5.82. The minimum Gasteiger partial charge on any atom is -0.376 e. The summed E-state index contributed by atoms with van der Waals surface area (Å²) in [6, 6.07) is 10.8. The van der Waals surface area contributed by atoms with Gasteiger partial charge in [0.1, 0.15) is 5.82 Å². The van der Waals surface area contributed by atoms with Gasteiger partial charge in [-0.2, -0.15) is 0 Å². The zero-order valence-electron chi connectivity index (χ0n) is 12.6. The quantitative estimate of drug-likeness (QED) is 0.881. The molecule has 1 unspecified atom stereocenters. The molecule has 0 bridgehead atoms. The molecule has 23 heavy (non-hydrogen) atoms. The molecule has 1 saturated heterocycles. The van der Waals surface area contributed by atoms with Crippen LogP contribution in [-0.4, -0.2) is 30.1 Å². The van der Waals surface area contributed by atoms with Crippen LogP contribution < -0.4 is 10.6 Å². The molecular weight excluding hydrogens is 314 g/mol. The van der Waals surface area contributed by atoms with Crippen molar-refractivity contribution in [2.75, 3.05) is 18.5 Å². The SMILES string of the molecule is O=C(NCC1CCCO1)c1cccnc1Nc1cccc(Cl)c1. The van der Waals surface area contributed by atoms with E-state index in [9.17, 15) is 4.79 Å². The van der Waals surface area contributed by atoms with Crippen LogP contribution in [0.2, 0.25) is 5.02 Å². The molecule has 0 saturated carbocycles. The lowest BCUT2D eigenvalue weighted by molar-refractivity contribution is 0.0858. The van der Waals surface area contributed by atoms with Gasteiger partial charge in [-0.25, -0.2) is 4.98 Å². The predicted molar refractivity (Wildman–Crippen MR) is 90.3 cm³/mol. The van der Waals surface area contributed by atoms with Gasteiger partial charge in [-0.3, -0.25) is 4.79 Å². The molecule has 0 aliphatic carbocycles. The summed E-state index contributed by atoms with van der Waals surface area (Å²) >= 11 is 5.98. The van der Waals surface area contributed by atoms with Crippen LogP contribution in [-0.2, 0) is 4.74 Å². The summed E-state index contributed by atoms with van der Waals surface area (Å²) in [5, 5.41) is 6.66. The Labute approximate surface area is 140 Å². The summed E-state index contributed by atoms with van der Waals surface area (Å²) in [7, 11) is 0. The Bertz CT molecular complexity index is 687. The number of hydrogen-bond acceptors (Lipinski definition) is 4. The van der Waals surface area contributed by atoms with E-state index in [1.807, 2.05) is 12.1 Å². The first kappa shape index (κ1) is 15.8. The van der Waals surface area contributed by atoms with Crippen LogP contribution in [0.4, 0.5) is 11.5 Å². The predicted octanol–water partition coefficient (Wildman–Crippen LogP) is 3.39. The molecule has 1 atom stereocenters. The lowest BCUT2D eigenvalue weighted by Gasteiger charge is -2.13. The number of benzene rings is 1. The zero-order chi connectivity index (χ0) is 16.1. The van der Waals surface area contributed by atoms with Crippen molar-refractivity contribution in [2.24, 2.45) is 0 Å². The lowest BCUT2D eigenvalue weighted by Crippen LogP contribution is -2.32. The van der Waals surface area contributed by atoms with Gasteiger partial charge in [0, 0.05) is 30.1 Å². The normalized spacial score (nSPS) is 17.0. The molecule has 6 heteroatoms. The number of hydrogen-bond donors (Lipinski definition) is 2.